The molecule has 5 heteroatoms. The molecule has 0 radical (unpaired) electrons. The Morgan fingerprint density at radius 1 is 1.20 bits per heavy atom. The van der Waals surface area contributed by atoms with Crippen LogP contribution in [0.1, 0.15) is 40.0 Å². The molecule has 2 rings (SSSR count). The summed E-state index contributed by atoms with van der Waals surface area (Å²) in [7, 11) is 0. The van der Waals surface area contributed by atoms with Crippen LogP contribution >= 0.6 is 0 Å². The summed E-state index contributed by atoms with van der Waals surface area (Å²) in [5.41, 5.74) is 5.23. The van der Waals surface area contributed by atoms with Gasteiger partial charge >= 0.3 is 0 Å². The molecule has 0 aromatic heterocycles. The van der Waals surface area contributed by atoms with E-state index in [2.05, 4.69) is 18.7 Å². The lowest BCUT2D eigenvalue weighted by Gasteiger charge is -2.35. The van der Waals surface area contributed by atoms with Gasteiger partial charge in [0, 0.05) is 44.1 Å². The fourth-order valence-electron chi connectivity index (χ4n) is 3.37. The van der Waals surface area contributed by atoms with Crippen molar-refractivity contribution in [3.05, 3.63) is 0 Å². The fraction of sp³-hybridized carbons (Fsp3) is 0.867. The average molecular weight is 281 g/mol. The lowest BCUT2D eigenvalue weighted by Crippen LogP contribution is -2.49. The second-order valence-electron chi connectivity index (χ2n) is 6.78. The van der Waals surface area contributed by atoms with Crippen molar-refractivity contribution in [3.8, 4) is 0 Å². The second kappa shape index (κ2) is 6.12. The summed E-state index contributed by atoms with van der Waals surface area (Å²) >= 11 is 0. The molecule has 2 unspecified atom stereocenters. The van der Waals surface area contributed by atoms with E-state index in [1.165, 1.54) is 0 Å². The Bertz CT molecular complexity index is 383. The van der Waals surface area contributed by atoms with Crippen LogP contribution in [0.4, 0.5) is 0 Å². The minimum Gasteiger partial charge on any atom is -0.369 e. The standard InChI is InChI=1S/C15H27N3O2/c1-10(2)7-17-8-13-6-12(17)9-18(13)14(19)5-4-11(3)15(16)20/h10-13H,4-9H2,1-3H3,(H2,16,20)/t11?,12?,13-/m0/s1. The third kappa shape index (κ3) is 3.32. The molecule has 0 aromatic carbocycles. The van der Waals surface area contributed by atoms with Crippen molar-refractivity contribution < 1.29 is 9.59 Å². The maximum Gasteiger partial charge on any atom is 0.222 e. The van der Waals surface area contributed by atoms with Crippen molar-refractivity contribution in [2.75, 3.05) is 19.6 Å². The number of hydrogen-bond acceptors (Lipinski definition) is 3. The molecule has 2 saturated heterocycles. The van der Waals surface area contributed by atoms with Crippen molar-refractivity contribution in [2.45, 2.75) is 52.1 Å². The molecule has 3 atom stereocenters. The minimum absolute atomic E-state index is 0.190. The van der Waals surface area contributed by atoms with Gasteiger partial charge in [0.1, 0.15) is 0 Å². The number of hydrogen-bond donors (Lipinski definition) is 1. The predicted octanol–water partition coefficient (Wildman–Crippen LogP) is 0.829. The molecule has 20 heavy (non-hydrogen) atoms. The van der Waals surface area contributed by atoms with Gasteiger partial charge in [-0.25, -0.2) is 0 Å². The average Bonchev–Trinajstić information content (AvgIpc) is 2.93. The maximum absolute atomic E-state index is 12.2. The smallest absolute Gasteiger partial charge is 0.222 e. The summed E-state index contributed by atoms with van der Waals surface area (Å²) in [5.74, 6) is 0.338. The summed E-state index contributed by atoms with van der Waals surface area (Å²) in [4.78, 5) is 27.8. The maximum atomic E-state index is 12.2. The van der Waals surface area contributed by atoms with E-state index in [1.54, 1.807) is 6.92 Å². The molecule has 2 N–H and O–H groups in total. The van der Waals surface area contributed by atoms with E-state index in [1.807, 2.05) is 4.90 Å². The molecule has 114 valence electrons. The fourth-order valence-corrected chi connectivity index (χ4v) is 3.37. The minimum atomic E-state index is -0.316. The zero-order valence-electron chi connectivity index (χ0n) is 12.8. The van der Waals surface area contributed by atoms with E-state index in [9.17, 15) is 9.59 Å². The van der Waals surface area contributed by atoms with Gasteiger partial charge in [0.15, 0.2) is 0 Å². The van der Waals surface area contributed by atoms with Gasteiger partial charge in [0.05, 0.1) is 0 Å². The van der Waals surface area contributed by atoms with Crippen molar-refractivity contribution in [3.63, 3.8) is 0 Å². The van der Waals surface area contributed by atoms with Crippen LogP contribution in [0.15, 0.2) is 0 Å². The van der Waals surface area contributed by atoms with Crippen LogP contribution in [0.2, 0.25) is 0 Å². The van der Waals surface area contributed by atoms with Gasteiger partial charge in [-0.3, -0.25) is 14.5 Å². The zero-order valence-corrected chi connectivity index (χ0v) is 12.8. The van der Waals surface area contributed by atoms with E-state index < -0.39 is 0 Å². The molecule has 2 aliphatic heterocycles. The zero-order chi connectivity index (χ0) is 14.9. The number of amides is 2. The van der Waals surface area contributed by atoms with Crippen molar-refractivity contribution in [2.24, 2.45) is 17.6 Å². The van der Waals surface area contributed by atoms with E-state index in [0.29, 0.717) is 30.8 Å². The number of carbonyl (C=O) groups is 2. The molecular weight excluding hydrogens is 254 g/mol. The number of likely N-dealkylation sites (tertiary alicyclic amines) is 2. The van der Waals surface area contributed by atoms with Crippen LogP contribution in [0.5, 0.6) is 0 Å². The molecule has 2 amide bonds. The Kier molecular flexibility index (Phi) is 4.68. The number of carbonyl (C=O) groups excluding carboxylic acids is 2. The number of rotatable bonds is 6. The first-order valence-electron chi connectivity index (χ1n) is 7.71. The molecule has 2 heterocycles. The first-order valence-corrected chi connectivity index (χ1v) is 7.71. The highest BCUT2D eigenvalue weighted by molar-refractivity contribution is 5.79. The van der Waals surface area contributed by atoms with Gasteiger partial charge in [-0.15, -0.1) is 0 Å². The van der Waals surface area contributed by atoms with Crippen LogP contribution in [-0.4, -0.2) is 53.3 Å². The Hall–Kier alpha value is -1.10. The summed E-state index contributed by atoms with van der Waals surface area (Å²) in [6, 6.07) is 0.926. The lowest BCUT2D eigenvalue weighted by molar-refractivity contribution is -0.134. The second-order valence-corrected chi connectivity index (χ2v) is 6.78. The van der Waals surface area contributed by atoms with Crippen LogP contribution in [0.25, 0.3) is 0 Å². The van der Waals surface area contributed by atoms with Gasteiger partial charge in [0.2, 0.25) is 11.8 Å². The topological polar surface area (TPSA) is 66.6 Å². The Morgan fingerprint density at radius 3 is 2.40 bits per heavy atom. The largest absolute Gasteiger partial charge is 0.369 e. The molecule has 2 bridgehead atoms. The van der Waals surface area contributed by atoms with Gasteiger partial charge in [0.25, 0.3) is 0 Å². The number of fused-ring (bicyclic) bond motifs is 2. The quantitative estimate of drug-likeness (QED) is 0.784. The number of nitrogens with zero attached hydrogens (tertiary/aromatic N) is 2. The molecule has 0 aliphatic carbocycles. The van der Waals surface area contributed by atoms with Gasteiger partial charge in [-0.05, 0) is 18.8 Å². The highest BCUT2D eigenvalue weighted by Gasteiger charge is 2.44. The summed E-state index contributed by atoms with van der Waals surface area (Å²) < 4.78 is 0. The van der Waals surface area contributed by atoms with Gasteiger partial charge in [-0.2, -0.15) is 0 Å². The molecule has 5 nitrogen and oxygen atoms in total. The third-order valence-electron chi connectivity index (χ3n) is 4.55. The van der Waals surface area contributed by atoms with Crippen molar-refractivity contribution >= 4 is 11.8 Å². The molecule has 2 fully saturated rings. The third-order valence-corrected chi connectivity index (χ3v) is 4.55. The normalized spacial score (nSPS) is 27.3. The highest BCUT2D eigenvalue weighted by atomic mass is 16.2. The number of primary amides is 1. The SMILES string of the molecule is CC(C)CN1C[C@@H]2CC1CN2C(=O)CCC(C)C(N)=O. The predicted molar refractivity (Wildman–Crippen MR) is 77.9 cm³/mol. The molecule has 0 saturated carbocycles. The Labute approximate surface area is 121 Å². The van der Waals surface area contributed by atoms with Gasteiger partial charge in [-0.1, -0.05) is 20.8 Å². The Morgan fingerprint density at radius 2 is 1.90 bits per heavy atom. The van der Waals surface area contributed by atoms with Crippen LogP contribution in [-0.2, 0) is 9.59 Å². The highest BCUT2D eigenvalue weighted by Crippen LogP contribution is 2.31. The monoisotopic (exact) mass is 281 g/mol. The molecular formula is C15H27N3O2. The molecule has 2 aliphatic rings. The summed E-state index contributed by atoms with van der Waals surface area (Å²) in [6.45, 7) is 9.26. The first kappa shape index (κ1) is 15.3. The van der Waals surface area contributed by atoms with Gasteiger partial charge < -0.3 is 10.6 Å². The lowest BCUT2D eigenvalue weighted by atomic mass is 10.0. The Balaban J connectivity index is 1.79. The molecule has 0 aromatic rings. The van der Waals surface area contributed by atoms with E-state index >= 15 is 0 Å². The summed E-state index contributed by atoms with van der Waals surface area (Å²) in [5, 5.41) is 0. The summed E-state index contributed by atoms with van der Waals surface area (Å²) in [6.07, 6.45) is 2.12. The van der Waals surface area contributed by atoms with Crippen molar-refractivity contribution in [1.29, 1.82) is 0 Å². The van der Waals surface area contributed by atoms with Crippen LogP contribution in [0.3, 0.4) is 0 Å². The van der Waals surface area contributed by atoms with E-state index in [4.69, 9.17) is 5.73 Å². The van der Waals surface area contributed by atoms with Crippen molar-refractivity contribution in [1.82, 2.24) is 9.80 Å². The van der Waals surface area contributed by atoms with E-state index in [0.717, 1.165) is 26.1 Å². The first-order chi connectivity index (χ1) is 9.38. The van der Waals surface area contributed by atoms with E-state index in [-0.39, 0.29) is 17.7 Å². The molecule has 0 spiro atoms. The number of nitrogens with two attached hydrogens (primary N) is 1. The van der Waals surface area contributed by atoms with Crippen LogP contribution < -0.4 is 5.73 Å². The van der Waals surface area contributed by atoms with Crippen LogP contribution in [0, 0.1) is 11.8 Å². The number of piperazine rings is 1.